The number of amides is 1. The number of rotatable bonds is 6. The molecule has 0 aliphatic carbocycles. The van der Waals surface area contributed by atoms with Gasteiger partial charge < -0.3 is 16.4 Å². The maximum Gasteiger partial charge on any atom is 0.267 e. The highest BCUT2D eigenvalue weighted by Gasteiger charge is 2.10. The van der Waals surface area contributed by atoms with Crippen molar-refractivity contribution in [2.45, 2.75) is 6.54 Å². The number of carbonyl (C=O) groups is 1. The van der Waals surface area contributed by atoms with E-state index in [0.717, 1.165) is 5.56 Å². The topological polar surface area (TPSA) is 85.2 Å². The molecule has 104 valence electrons. The van der Waals surface area contributed by atoms with Crippen molar-refractivity contribution in [2.75, 3.05) is 18.0 Å². The fourth-order valence-corrected chi connectivity index (χ4v) is 1.97. The summed E-state index contributed by atoms with van der Waals surface area (Å²) in [6.45, 7) is 1.85. The number of pyridine rings is 1. The van der Waals surface area contributed by atoms with Crippen molar-refractivity contribution in [3.8, 4) is 0 Å². The second kappa shape index (κ2) is 6.68. The second-order valence-electron chi connectivity index (χ2n) is 4.44. The Kier molecular flexibility index (Phi) is 4.68. The van der Waals surface area contributed by atoms with E-state index in [1.165, 1.54) is 0 Å². The van der Waals surface area contributed by atoms with Crippen LogP contribution in [0.25, 0.3) is 0 Å². The van der Waals surface area contributed by atoms with Crippen molar-refractivity contribution in [3.05, 3.63) is 59.8 Å². The molecule has 0 radical (unpaired) electrons. The summed E-state index contributed by atoms with van der Waals surface area (Å²) in [6, 6.07) is 15.3. The highest BCUT2D eigenvalue weighted by atomic mass is 16.1. The molecular weight excluding hydrogens is 252 g/mol. The van der Waals surface area contributed by atoms with Crippen molar-refractivity contribution < 1.29 is 4.79 Å². The number of carbonyl (C=O) groups excluding carboxylic acids is 1. The van der Waals surface area contributed by atoms with Gasteiger partial charge in [0.15, 0.2) is 0 Å². The van der Waals surface area contributed by atoms with Crippen LogP contribution in [0.5, 0.6) is 0 Å². The predicted octanol–water partition coefficient (Wildman–Crippen LogP) is 1.15. The molecule has 0 fully saturated rings. The van der Waals surface area contributed by atoms with Crippen LogP contribution in [0.4, 0.5) is 5.82 Å². The number of primary amides is 1. The van der Waals surface area contributed by atoms with Gasteiger partial charge in [0.1, 0.15) is 11.5 Å². The molecule has 0 aliphatic rings. The fourth-order valence-electron chi connectivity index (χ4n) is 1.97. The molecule has 0 unspecified atom stereocenters. The zero-order valence-corrected chi connectivity index (χ0v) is 11.2. The van der Waals surface area contributed by atoms with E-state index in [2.05, 4.69) is 4.98 Å². The lowest BCUT2D eigenvalue weighted by Crippen LogP contribution is -2.30. The molecule has 1 aromatic carbocycles. The molecule has 1 heterocycles. The third-order valence-electron chi connectivity index (χ3n) is 2.93. The van der Waals surface area contributed by atoms with Gasteiger partial charge >= 0.3 is 0 Å². The fraction of sp³-hybridized carbons (Fsp3) is 0.200. The van der Waals surface area contributed by atoms with Crippen LogP contribution in [0.15, 0.2) is 48.5 Å². The Hall–Kier alpha value is -2.40. The van der Waals surface area contributed by atoms with Gasteiger partial charge in [-0.15, -0.1) is 0 Å². The Morgan fingerprint density at radius 3 is 2.50 bits per heavy atom. The molecule has 0 aliphatic heterocycles. The van der Waals surface area contributed by atoms with E-state index >= 15 is 0 Å². The van der Waals surface area contributed by atoms with Gasteiger partial charge in [-0.1, -0.05) is 36.4 Å². The monoisotopic (exact) mass is 270 g/mol. The first kappa shape index (κ1) is 14.0. The number of nitrogens with zero attached hydrogens (tertiary/aromatic N) is 2. The first-order chi connectivity index (χ1) is 9.70. The molecule has 0 saturated heterocycles. The molecule has 4 N–H and O–H groups in total. The first-order valence-electron chi connectivity index (χ1n) is 6.46. The van der Waals surface area contributed by atoms with Crippen molar-refractivity contribution in [1.82, 2.24) is 4.98 Å². The zero-order valence-electron chi connectivity index (χ0n) is 11.2. The summed E-state index contributed by atoms with van der Waals surface area (Å²) in [6.07, 6.45) is 0. The Morgan fingerprint density at radius 1 is 1.10 bits per heavy atom. The van der Waals surface area contributed by atoms with Gasteiger partial charge in [-0.3, -0.25) is 4.79 Å². The predicted molar refractivity (Wildman–Crippen MR) is 79.3 cm³/mol. The molecule has 5 heteroatoms. The lowest BCUT2D eigenvalue weighted by molar-refractivity contribution is 0.0995. The molecule has 2 aromatic rings. The van der Waals surface area contributed by atoms with Crippen molar-refractivity contribution >= 4 is 11.7 Å². The third kappa shape index (κ3) is 3.55. The molecule has 1 amide bonds. The van der Waals surface area contributed by atoms with Crippen LogP contribution >= 0.6 is 0 Å². The van der Waals surface area contributed by atoms with E-state index in [1.807, 2.05) is 41.3 Å². The average Bonchev–Trinajstić information content (AvgIpc) is 2.48. The number of benzene rings is 1. The summed E-state index contributed by atoms with van der Waals surface area (Å²) in [7, 11) is 0. The summed E-state index contributed by atoms with van der Waals surface area (Å²) < 4.78 is 0. The Morgan fingerprint density at radius 2 is 1.85 bits per heavy atom. The molecule has 0 bridgehead atoms. The summed E-state index contributed by atoms with van der Waals surface area (Å²) >= 11 is 0. The summed E-state index contributed by atoms with van der Waals surface area (Å²) in [4.78, 5) is 17.5. The average molecular weight is 270 g/mol. The summed E-state index contributed by atoms with van der Waals surface area (Å²) in [5.74, 6) is 0.176. The van der Waals surface area contributed by atoms with Gasteiger partial charge in [-0.25, -0.2) is 4.98 Å². The summed E-state index contributed by atoms with van der Waals surface area (Å²) in [5, 5.41) is 0. The quantitative estimate of drug-likeness (QED) is 0.824. The molecule has 0 spiro atoms. The molecule has 20 heavy (non-hydrogen) atoms. The Bertz CT molecular complexity index is 571. The maximum absolute atomic E-state index is 11.2. The number of aromatic nitrogens is 1. The molecule has 1 aromatic heterocycles. The third-order valence-corrected chi connectivity index (χ3v) is 2.93. The first-order valence-corrected chi connectivity index (χ1v) is 6.46. The second-order valence-corrected chi connectivity index (χ2v) is 4.44. The Balaban J connectivity index is 2.24. The van der Waals surface area contributed by atoms with Crippen molar-refractivity contribution in [1.29, 1.82) is 0 Å². The van der Waals surface area contributed by atoms with E-state index in [-0.39, 0.29) is 5.69 Å². The molecule has 0 atom stereocenters. The smallest absolute Gasteiger partial charge is 0.267 e. The van der Waals surface area contributed by atoms with Crippen LogP contribution in [0, 0.1) is 0 Å². The van der Waals surface area contributed by atoms with Crippen LogP contribution in [0.3, 0.4) is 0 Å². The van der Waals surface area contributed by atoms with Gasteiger partial charge in [0, 0.05) is 19.6 Å². The largest absolute Gasteiger partial charge is 0.364 e. The molecular formula is C15H18N4O. The van der Waals surface area contributed by atoms with Gasteiger partial charge in [-0.2, -0.15) is 0 Å². The Labute approximate surface area is 118 Å². The SMILES string of the molecule is NCCN(Cc1ccccc1)c1cccc(C(N)=O)n1. The minimum Gasteiger partial charge on any atom is -0.364 e. The van der Waals surface area contributed by atoms with E-state index in [9.17, 15) is 4.79 Å². The number of hydrogen-bond donors (Lipinski definition) is 2. The van der Waals surface area contributed by atoms with Crippen LogP contribution in [0.2, 0.25) is 0 Å². The molecule has 2 rings (SSSR count). The van der Waals surface area contributed by atoms with Crippen LogP contribution in [0.1, 0.15) is 16.1 Å². The van der Waals surface area contributed by atoms with Crippen LogP contribution in [-0.4, -0.2) is 24.0 Å². The van der Waals surface area contributed by atoms with Crippen LogP contribution in [-0.2, 0) is 6.54 Å². The van der Waals surface area contributed by atoms with Crippen molar-refractivity contribution in [2.24, 2.45) is 11.5 Å². The van der Waals surface area contributed by atoms with E-state index < -0.39 is 5.91 Å². The maximum atomic E-state index is 11.2. The minimum absolute atomic E-state index is 0.262. The number of nitrogens with two attached hydrogens (primary N) is 2. The van der Waals surface area contributed by atoms with E-state index in [4.69, 9.17) is 11.5 Å². The van der Waals surface area contributed by atoms with Gasteiger partial charge in [0.05, 0.1) is 0 Å². The summed E-state index contributed by atoms with van der Waals surface area (Å²) in [5.41, 5.74) is 12.3. The lowest BCUT2D eigenvalue weighted by Gasteiger charge is -2.23. The lowest BCUT2D eigenvalue weighted by atomic mass is 10.2. The molecule has 5 nitrogen and oxygen atoms in total. The van der Waals surface area contributed by atoms with Gasteiger partial charge in [-0.05, 0) is 17.7 Å². The van der Waals surface area contributed by atoms with Crippen LogP contribution < -0.4 is 16.4 Å². The normalized spacial score (nSPS) is 10.2. The van der Waals surface area contributed by atoms with Gasteiger partial charge in [0.25, 0.3) is 5.91 Å². The highest BCUT2D eigenvalue weighted by molar-refractivity contribution is 5.91. The number of hydrogen-bond acceptors (Lipinski definition) is 4. The van der Waals surface area contributed by atoms with E-state index in [1.54, 1.807) is 12.1 Å². The van der Waals surface area contributed by atoms with E-state index in [0.29, 0.717) is 25.5 Å². The zero-order chi connectivity index (χ0) is 14.4. The number of anilines is 1. The molecule has 0 saturated carbocycles. The van der Waals surface area contributed by atoms with Gasteiger partial charge in [0.2, 0.25) is 0 Å². The highest BCUT2D eigenvalue weighted by Crippen LogP contribution is 2.14. The standard InChI is InChI=1S/C15H18N4O/c16-9-10-19(11-12-5-2-1-3-6-12)14-8-4-7-13(18-14)15(17)20/h1-8H,9-11,16H2,(H2,17,20). The van der Waals surface area contributed by atoms with Crippen molar-refractivity contribution in [3.63, 3.8) is 0 Å². The minimum atomic E-state index is -0.528.